The Morgan fingerprint density at radius 2 is 1.26 bits per heavy atom. The molecule has 246 valence electrons. The van der Waals surface area contributed by atoms with Crippen LogP contribution in [0.5, 0.6) is 0 Å². The molecule has 4 rings (SSSR count). The zero-order valence-corrected chi connectivity index (χ0v) is 34.1. The molecule has 0 aliphatic heterocycles. The van der Waals surface area contributed by atoms with E-state index in [1.165, 1.54) is 57.8 Å². The Bertz CT molecular complexity index is 975. The monoisotopic (exact) mass is 636 g/mol. The van der Waals surface area contributed by atoms with E-state index < -0.39 is 25.0 Å². The molecule has 0 amide bonds. The van der Waals surface area contributed by atoms with Crippen molar-refractivity contribution in [1.82, 2.24) is 0 Å². The summed E-state index contributed by atoms with van der Waals surface area (Å²) in [5.41, 5.74) is 0.496. The standard InChI is InChI=1S/C36H72O3Si3/c1-26(37-40(10,11)12)36(39-42(15,16)33(5,6)7)24-21-31-29-18-17-27-25-28(38-41(13,14)32(2,3)4)19-22-34(27,8)30(29)20-23-35(31,36)9/h26-31H,17-25H2,1-16H3/t26-,27+,28+,29?,30?,31?,34?,35?,36-/m0/s1. The molecule has 4 saturated carbocycles. The van der Waals surface area contributed by atoms with Crippen molar-refractivity contribution in [3.63, 3.8) is 0 Å². The molecule has 0 N–H and O–H groups in total. The van der Waals surface area contributed by atoms with Gasteiger partial charge in [-0.1, -0.05) is 55.4 Å². The Morgan fingerprint density at radius 3 is 1.81 bits per heavy atom. The fraction of sp³-hybridized carbons (Fsp3) is 1.00. The molecule has 0 aromatic carbocycles. The second-order valence-electron chi connectivity index (χ2n) is 20.1. The number of hydrogen-bond donors (Lipinski definition) is 0. The second-order valence-corrected chi connectivity index (χ2v) is 34.0. The Balaban J connectivity index is 1.60. The molecule has 9 atom stereocenters. The van der Waals surface area contributed by atoms with Crippen LogP contribution in [0.4, 0.5) is 0 Å². The third kappa shape index (κ3) is 6.02. The van der Waals surface area contributed by atoms with E-state index in [4.69, 9.17) is 13.3 Å². The largest absolute Gasteiger partial charge is 0.414 e. The van der Waals surface area contributed by atoms with Crippen molar-refractivity contribution >= 4 is 25.0 Å². The van der Waals surface area contributed by atoms with Crippen LogP contribution < -0.4 is 0 Å². The van der Waals surface area contributed by atoms with Gasteiger partial charge in [0.05, 0.1) is 11.7 Å². The van der Waals surface area contributed by atoms with Crippen LogP contribution in [0, 0.1) is 34.5 Å². The molecule has 42 heavy (non-hydrogen) atoms. The van der Waals surface area contributed by atoms with Gasteiger partial charge >= 0.3 is 0 Å². The first-order chi connectivity index (χ1) is 18.8. The van der Waals surface area contributed by atoms with Gasteiger partial charge in [0.1, 0.15) is 0 Å². The highest BCUT2D eigenvalue weighted by molar-refractivity contribution is 6.74. The van der Waals surface area contributed by atoms with Crippen molar-refractivity contribution in [2.75, 3.05) is 0 Å². The Labute approximate surface area is 265 Å². The Kier molecular flexibility index (Phi) is 9.32. The van der Waals surface area contributed by atoms with Gasteiger partial charge in [0.15, 0.2) is 25.0 Å². The average Bonchev–Trinajstić information content (AvgIpc) is 3.09. The van der Waals surface area contributed by atoms with Gasteiger partial charge in [-0.05, 0) is 150 Å². The van der Waals surface area contributed by atoms with Gasteiger partial charge in [-0.3, -0.25) is 0 Å². The molecule has 0 saturated heterocycles. The SMILES string of the molecule is C[C@H](O[Si](C)(C)C)[C@@]1(O[Si](C)(C)C(C)(C)C)CCC2C3CC[C@@H]4C[C@H](O[Si](C)(C)C(C)(C)C)CCC4(C)C3CCC21C. The molecular formula is C36H72O3Si3. The molecule has 4 aliphatic rings. The Hall–Kier alpha value is 0.531. The third-order valence-corrected chi connectivity index (χ3v) is 24.6. The van der Waals surface area contributed by atoms with Crippen LogP contribution in [0.25, 0.3) is 0 Å². The number of hydrogen-bond acceptors (Lipinski definition) is 3. The summed E-state index contributed by atoms with van der Waals surface area (Å²) in [5, 5.41) is 0.484. The normalized spacial score (nSPS) is 40.7. The lowest BCUT2D eigenvalue weighted by molar-refractivity contribution is -0.176. The third-order valence-electron chi connectivity index (χ3n) is 14.5. The molecule has 3 nitrogen and oxygen atoms in total. The van der Waals surface area contributed by atoms with Gasteiger partial charge in [0, 0.05) is 11.5 Å². The van der Waals surface area contributed by atoms with Crippen molar-refractivity contribution in [2.24, 2.45) is 34.5 Å². The molecule has 4 fully saturated rings. The van der Waals surface area contributed by atoms with Crippen molar-refractivity contribution in [2.45, 2.75) is 194 Å². The Morgan fingerprint density at radius 1 is 0.690 bits per heavy atom. The minimum Gasteiger partial charge on any atom is -0.414 e. The minimum atomic E-state index is -2.01. The molecule has 0 aromatic rings. The van der Waals surface area contributed by atoms with Crippen molar-refractivity contribution in [3.05, 3.63) is 0 Å². The first-order valence-corrected chi connectivity index (χ1v) is 27.1. The molecule has 6 heteroatoms. The predicted molar refractivity (Wildman–Crippen MR) is 189 cm³/mol. The van der Waals surface area contributed by atoms with Crippen LogP contribution in [0.2, 0.25) is 55.9 Å². The van der Waals surface area contributed by atoms with E-state index in [9.17, 15) is 0 Å². The van der Waals surface area contributed by atoms with Crippen molar-refractivity contribution in [3.8, 4) is 0 Å². The maximum Gasteiger partial charge on any atom is 0.192 e. The summed E-state index contributed by atoms with van der Waals surface area (Å²) in [6, 6.07) is 0. The predicted octanol–water partition coefficient (Wildman–Crippen LogP) is 11.4. The van der Waals surface area contributed by atoms with Crippen LogP contribution in [0.3, 0.4) is 0 Å². The first kappa shape index (κ1) is 35.4. The summed E-state index contributed by atoms with van der Waals surface area (Å²) in [6.07, 6.45) is 12.6. The number of rotatable bonds is 7. The van der Waals surface area contributed by atoms with E-state index in [0.29, 0.717) is 11.5 Å². The van der Waals surface area contributed by atoms with Crippen LogP contribution in [-0.4, -0.2) is 42.8 Å². The second kappa shape index (κ2) is 11.1. The quantitative estimate of drug-likeness (QED) is 0.260. The molecule has 5 unspecified atom stereocenters. The lowest BCUT2D eigenvalue weighted by Gasteiger charge is -2.64. The summed E-state index contributed by atoms with van der Waals surface area (Å²) < 4.78 is 21.8. The van der Waals surface area contributed by atoms with E-state index in [1.54, 1.807) is 0 Å². The molecule has 0 heterocycles. The zero-order valence-electron chi connectivity index (χ0n) is 31.1. The first-order valence-electron chi connectivity index (χ1n) is 17.9. The highest BCUT2D eigenvalue weighted by Gasteiger charge is 2.68. The van der Waals surface area contributed by atoms with Crippen molar-refractivity contribution < 1.29 is 13.3 Å². The topological polar surface area (TPSA) is 27.7 Å². The van der Waals surface area contributed by atoms with E-state index in [2.05, 4.69) is 108 Å². The lowest BCUT2D eigenvalue weighted by atomic mass is 9.44. The molecule has 4 aliphatic carbocycles. The van der Waals surface area contributed by atoms with Crippen molar-refractivity contribution in [1.29, 1.82) is 0 Å². The van der Waals surface area contributed by atoms with Crippen LogP contribution in [0.1, 0.15) is 120 Å². The fourth-order valence-corrected chi connectivity index (χ4v) is 14.5. The minimum absolute atomic E-state index is 0.152. The molecule has 0 bridgehead atoms. The van der Waals surface area contributed by atoms with Gasteiger partial charge < -0.3 is 13.3 Å². The van der Waals surface area contributed by atoms with Gasteiger partial charge in [0.25, 0.3) is 0 Å². The maximum atomic E-state index is 7.75. The maximum absolute atomic E-state index is 7.75. The summed E-state index contributed by atoms with van der Waals surface area (Å²) in [4.78, 5) is 0. The molecule has 0 spiro atoms. The van der Waals surface area contributed by atoms with E-state index in [-0.39, 0.29) is 27.2 Å². The summed E-state index contributed by atoms with van der Waals surface area (Å²) in [5.74, 6) is 3.29. The van der Waals surface area contributed by atoms with Gasteiger partial charge in [-0.15, -0.1) is 0 Å². The average molecular weight is 637 g/mol. The molecular weight excluding hydrogens is 565 g/mol. The molecule has 0 aromatic heterocycles. The van der Waals surface area contributed by atoms with Gasteiger partial charge in [0.2, 0.25) is 0 Å². The van der Waals surface area contributed by atoms with E-state index in [1.807, 2.05) is 0 Å². The summed E-state index contributed by atoms with van der Waals surface area (Å²) in [7, 11) is -5.46. The molecule has 0 radical (unpaired) electrons. The van der Waals surface area contributed by atoms with Crippen LogP contribution in [-0.2, 0) is 13.3 Å². The lowest BCUT2D eigenvalue weighted by Crippen LogP contribution is -2.65. The number of fused-ring (bicyclic) bond motifs is 5. The van der Waals surface area contributed by atoms with E-state index in [0.717, 1.165) is 23.7 Å². The smallest absolute Gasteiger partial charge is 0.192 e. The highest BCUT2D eigenvalue weighted by atomic mass is 28.4. The summed E-state index contributed by atoms with van der Waals surface area (Å²) in [6.45, 7) is 39.1. The van der Waals surface area contributed by atoms with Crippen LogP contribution in [0.15, 0.2) is 0 Å². The van der Waals surface area contributed by atoms with Gasteiger partial charge in [-0.2, -0.15) is 0 Å². The van der Waals surface area contributed by atoms with Gasteiger partial charge in [-0.25, -0.2) is 0 Å². The zero-order chi connectivity index (χ0) is 31.9. The van der Waals surface area contributed by atoms with Crippen LogP contribution >= 0.6 is 0 Å². The van der Waals surface area contributed by atoms with E-state index >= 15 is 0 Å². The fourth-order valence-electron chi connectivity index (χ4n) is 10.1. The highest BCUT2D eigenvalue weighted by Crippen LogP contribution is 2.70. The summed E-state index contributed by atoms with van der Waals surface area (Å²) >= 11 is 0.